The molecule has 0 radical (unpaired) electrons. The summed E-state index contributed by atoms with van der Waals surface area (Å²) in [5.41, 5.74) is 7.34. The van der Waals surface area contributed by atoms with Gasteiger partial charge in [0.1, 0.15) is 10.8 Å². The van der Waals surface area contributed by atoms with Gasteiger partial charge in [-0.3, -0.25) is 9.59 Å². The number of benzene rings is 5. The van der Waals surface area contributed by atoms with Gasteiger partial charge < -0.3 is 20.4 Å². The molecule has 44 heavy (non-hydrogen) atoms. The van der Waals surface area contributed by atoms with Gasteiger partial charge >= 0.3 is 0 Å². The number of nitrogens with zero attached hydrogens (tertiary/aromatic N) is 2. The van der Waals surface area contributed by atoms with E-state index in [0.717, 1.165) is 45.3 Å². The predicted octanol–water partition coefficient (Wildman–Crippen LogP) is 8.56. The topological polar surface area (TPSA) is 64.7 Å². The zero-order valence-corrected chi connectivity index (χ0v) is 25.0. The molecule has 4 unspecified atom stereocenters. The van der Waals surface area contributed by atoms with Gasteiger partial charge in [0, 0.05) is 34.1 Å². The van der Waals surface area contributed by atoms with Gasteiger partial charge in [-0.15, -0.1) is 23.2 Å². The highest BCUT2D eigenvalue weighted by atomic mass is 35.5. The van der Waals surface area contributed by atoms with Crippen molar-refractivity contribution in [2.24, 2.45) is 0 Å². The fourth-order valence-corrected chi connectivity index (χ4v) is 6.53. The van der Waals surface area contributed by atoms with Crippen molar-refractivity contribution in [2.75, 3.05) is 20.4 Å². The van der Waals surface area contributed by atoms with E-state index in [2.05, 4.69) is 10.6 Å². The molecule has 6 nitrogen and oxygen atoms in total. The van der Waals surface area contributed by atoms with Crippen LogP contribution in [0.15, 0.2) is 133 Å². The van der Waals surface area contributed by atoms with Crippen LogP contribution in [-0.4, -0.2) is 22.6 Å². The number of halogens is 2. The van der Waals surface area contributed by atoms with Crippen LogP contribution in [0.3, 0.4) is 0 Å². The number of alkyl halides is 2. The molecule has 0 aromatic heterocycles. The second kappa shape index (κ2) is 11.7. The summed E-state index contributed by atoms with van der Waals surface area (Å²) in [6.45, 7) is 0. The van der Waals surface area contributed by atoms with E-state index in [9.17, 15) is 9.59 Å². The first-order valence-corrected chi connectivity index (χ1v) is 15.2. The number of anilines is 6. The van der Waals surface area contributed by atoms with E-state index in [0.29, 0.717) is 0 Å². The number of amides is 2. The maximum Gasteiger partial charge on any atom is 0.248 e. The van der Waals surface area contributed by atoms with Crippen molar-refractivity contribution in [1.82, 2.24) is 0 Å². The van der Waals surface area contributed by atoms with Crippen LogP contribution in [0.4, 0.5) is 34.1 Å². The minimum absolute atomic E-state index is 0.0896. The number of nitrogens with one attached hydrogen (secondary N) is 2. The summed E-state index contributed by atoms with van der Waals surface area (Å²) < 4.78 is 0. The highest BCUT2D eigenvalue weighted by Crippen LogP contribution is 2.43. The molecule has 218 valence electrons. The Morgan fingerprint density at radius 3 is 1.05 bits per heavy atom. The third kappa shape index (κ3) is 5.17. The summed E-state index contributed by atoms with van der Waals surface area (Å²) in [7, 11) is 0. The molecule has 2 aliphatic rings. The molecule has 4 atom stereocenters. The standard InChI is InChI=1S/C36H28Cl2N4O2/c37-31-33(23-7-3-1-4-8-23)41(35(31)43)29-19-15-27(16-20-29)39-25-11-13-26(14-12-25)40-28-17-21-30(22-18-28)42-34(32(38)36(42)44)24-9-5-2-6-10-24/h1-22,31-34,39-40H. The van der Waals surface area contributed by atoms with Crippen LogP contribution in [0.1, 0.15) is 23.2 Å². The van der Waals surface area contributed by atoms with Crippen LogP contribution < -0.4 is 20.4 Å². The lowest BCUT2D eigenvalue weighted by Gasteiger charge is -2.44. The van der Waals surface area contributed by atoms with E-state index in [1.807, 2.05) is 133 Å². The SMILES string of the molecule is O=C1C(Cl)C(c2ccccc2)N1c1ccc(Nc2ccc(Nc3ccc(N4C(=O)C(Cl)C4c4ccccc4)cc3)cc2)cc1. The fourth-order valence-electron chi connectivity index (χ4n) is 5.80. The van der Waals surface area contributed by atoms with Crippen LogP contribution in [0.2, 0.25) is 0 Å². The maximum atomic E-state index is 12.6. The van der Waals surface area contributed by atoms with Gasteiger partial charge in [0.2, 0.25) is 11.8 Å². The quantitative estimate of drug-likeness (QED) is 0.135. The molecule has 0 saturated carbocycles. The van der Waals surface area contributed by atoms with Gasteiger partial charge in [-0.2, -0.15) is 0 Å². The van der Waals surface area contributed by atoms with E-state index in [4.69, 9.17) is 23.2 Å². The van der Waals surface area contributed by atoms with Crippen LogP contribution in [0, 0.1) is 0 Å². The summed E-state index contributed by atoms with van der Waals surface area (Å²) in [5.74, 6) is -0.179. The van der Waals surface area contributed by atoms with Crippen molar-refractivity contribution in [1.29, 1.82) is 0 Å². The molecule has 2 aliphatic heterocycles. The van der Waals surface area contributed by atoms with Crippen LogP contribution >= 0.6 is 23.2 Å². The Hall–Kier alpha value is -4.78. The summed E-state index contributed by atoms with van der Waals surface area (Å²) in [4.78, 5) is 28.7. The second-order valence-electron chi connectivity index (χ2n) is 10.9. The Bertz CT molecular complexity index is 1650. The average Bonchev–Trinajstić information content (AvgIpc) is 3.08. The molecule has 2 amide bonds. The first kappa shape index (κ1) is 28.0. The second-order valence-corrected chi connectivity index (χ2v) is 11.8. The molecule has 2 N–H and O–H groups in total. The Morgan fingerprint density at radius 1 is 0.432 bits per heavy atom. The molecule has 2 saturated heterocycles. The fraction of sp³-hybridized carbons (Fsp3) is 0.111. The first-order valence-electron chi connectivity index (χ1n) is 14.4. The molecular formula is C36H28Cl2N4O2. The molecule has 2 heterocycles. The molecule has 5 aromatic rings. The van der Waals surface area contributed by atoms with E-state index in [1.165, 1.54) is 0 Å². The van der Waals surface area contributed by atoms with Gasteiger partial charge in [-0.25, -0.2) is 0 Å². The Balaban J connectivity index is 0.975. The van der Waals surface area contributed by atoms with Crippen LogP contribution in [0.25, 0.3) is 0 Å². The summed E-state index contributed by atoms with van der Waals surface area (Å²) >= 11 is 12.8. The largest absolute Gasteiger partial charge is 0.356 e. The smallest absolute Gasteiger partial charge is 0.248 e. The molecule has 0 spiro atoms. The zero-order valence-electron chi connectivity index (χ0n) is 23.5. The molecular weight excluding hydrogens is 591 g/mol. The van der Waals surface area contributed by atoms with Crippen molar-refractivity contribution >= 4 is 69.1 Å². The lowest BCUT2D eigenvalue weighted by atomic mass is 9.92. The zero-order chi connectivity index (χ0) is 30.2. The molecule has 2 fully saturated rings. The highest BCUT2D eigenvalue weighted by Gasteiger charge is 2.48. The summed E-state index contributed by atoms with van der Waals surface area (Å²) in [6, 6.07) is 42.9. The predicted molar refractivity (Wildman–Crippen MR) is 179 cm³/mol. The monoisotopic (exact) mass is 618 g/mol. The number of hydrogen-bond acceptors (Lipinski definition) is 4. The number of hydrogen-bond donors (Lipinski definition) is 2. The number of carbonyl (C=O) groups excluding carboxylic acids is 2. The van der Waals surface area contributed by atoms with Gasteiger partial charge in [0.05, 0.1) is 12.1 Å². The number of rotatable bonds is 8. The number of carbonyl (C=O) groups is 2. The van der Waals surface area contributed by atoms with Gasteiger partial charge in [-0.1, -0.05) is 60.7 Å². The van der Waals surface area contributed by atoms with Crippen LogP contribution in [-0.2, 0) is 9.59 Å². The molecule has 5 aromatic carbocycles. The summed E-state index contributed by atoms with van der Waals surface area (Å²) in [5, 5.41) is 5.71. The van der Waals surface area contributed by atoms with Gasteiger partial charge in [-0.05, 0) is 83.9 Å². The molecule has 7 rings (SSSR count). The minimum atomic E-state index is -0.560. The van der Waals surface area contributed by atoms with E-state index in [-0.39, 0.29) is 23.9 Å². The van der Waals surface area contributed by atoms with E-state index < -0.39 is 10.8 Å². The third-order valence-corrected chi connectivity index (χ3v) is 8.94. The van der Waals surface area contributed by atoms with Gasteiger partial charge in [0.25, 0.3) is 0 Å². The minimum Gasteiger partial charge on any atom is -0.356 e. The lowest BCUT2D eigenvalue weighted by molar-refractivity contribution is -0.124. The average molecular weight is 620 g/mol. The molecule has 8 heteroatoms. The first-order chi connectivity index (χ1) is 21.5. The van der Waals surface area contributed by atoms with E-state index in [1.54, 1.807) is 9.80 Å². The van der Waals surface area contributed by atoms with Gasteiger partial charge in [0.15, 0.2) is 0 Å². The van der Waals surface area contributed by atoms with Crippen molar-refractivity contribution < 1.29 is 9.59 Å². The Labute approximate surface area is 265 Å². The van der Waals surface area contributed by atoms with E-state index >= 15 is 0 Å². The Morgan fingerprint density at radius 2 is 0.727 bits per heavy atom. The Kier molecular flexibility index (Phi) is 7.46. The number of β-lactam (4-membered cyclic amide) rings is 2. The van der Waals surface area contributed by atoms with Crippen molar-refractivity contribution in [2.45, 2.75) is 22.8 Å². The summed E-state index contributed by atoms with van der Waals surface area (Å²) in [6.07, 6.45) is 0. The molecule has 0 aliphatic carbocycles. The van der Waals surface area contributed by atoms with Crippen molar-refractivity contribution in [3.63, 3.8) is 0 Å². The van der Waals surface area contributed by atoms with Crippen molar-refractivity contribution in [3.05, 3.63) is 145 Å². The lowest BCUT2D eigenvalue weighted by Crippen LogP contribution is -2.56. The highest BCUT2D eigenvalue weighted by molar-refractivity contribution is 6.38. The normalized spacial score (nSPS) is 21.0. The van der Waals surface area contributed by atoms with Crippen LogP contribution in [0.5, 0.6) is 0 Å². The van der Waals surface area contributed by atoms with Crippen molar-refractivity contribution in [3.8, 4) is 0 Å². The molecule has 0 bridgehead atoms. The maximum absolute atomic E-state index is 12.6. The third-order valence-electron chi connectivity index (χ3n) is 8.09.